The molecule has 5 heteroatoms. The van der Waals surface area contributed by atoms with Gasteiger partial charge < -0.3 is 9.84 Å². The quantitative estimate of drug-likeness (QED) is 0.810. The molecule has 1 atom stereocenters. The van der Waals surface area contributed by atoms with Crippen LogP contribution >= 0.6 is 0 Å². The van der Waals surface area contributed by atoms with Gasteiger partial charge in [-0.2, -0.15) is 0 Å². The number of rotatable bonds is 2. The molecule has 2 nitrogen and oxygen atoms in total. The second kappa shape index (κ2) is 4.79. The Morgan fingerprint density at radius 1 is 1.18 bits per heavy atom. The average molecular weight is 244 g/mol. The Labute approximate surface area is 96.3 Å². The van der Waals surface area contributed by atoms with E-state index in [1.165, 1.54) is 0 Å². The van der Waals surface area contributed by atoms with Crippen LogP contribution in [0.5, 0.6) is 0 Å². The van der Waals surface area contributed by atoms with Crippen molar-refractivity contribution >= 4 is 0 Å². The van der Waals surface area contributed by atoms with E-state index in [1.54, 1.807) is 6.08 Å². The number of allylic oxidation sites excluding steroid dienone is 1. The predicted octanol–water partition coefficient (Wildman–Crippen LogP) is 2.83. The number of halogens is 3. The lowest BCUT2D eigenvalue weighted by molar-refractivity contribution is 0.0913. The summed E-state index contributed by atoms with van der Waals surface area (Å²) >= 11 is 0. The highest BCUT2D eigenvalue weighted by Crippen LogP contribution is 2.27. The molecule has 0 fully saturated rings. The first kappa shape index (κ1) is 12.0. The summed E-state index contributed by atoms with van der Waals surface area (Å²) in [6.07, 6.45) is 1.97. The van der Waals surface area contributed by atoms with Gasteiger partial charge >= 0.3 is 0 Å². The van der Waals surface area contributed by atoms with Crippen LogP contribution in [0.1, 0.15) is 24.5 Å². The van der Waals surface area contributed by atoms with Gasteiger partial charge in [-0.05, 0) is 36.6 Å². The average Bonchev–Trinajstić information content (AvgIpc) is 2.35. The molecule has 1 unspecified atom stereocenters. The van der Waals surface area contributed by atoms with E-state index < -0.39 is 23.6 Å². The van der Waals surface area contributed by atoms with Gasteiger partial charge in [0.25, 0.3) is 0 Å². The first-order valence-corrected chi connectivity index (χ1v) is 5.25. The van der Waals surface area contributed by atoms with Crippen LogP contribution in [0.4, 0.5) is 13.2 Å². The van der Waals surface area contributed by atoms with Crippen molar-refractivity contribution in [2.24, 2.45) is 0 Å². The van der Waals surface area contributed by atoms with Gasteiger partial charge in [0.15, 0.2) is 17.5 Å². The maximum Gasteiger partial charge on any atom is 0.194 e. The molecule has 1 aliphatic heterocycles. The molecule has 92 valence electrons. The first-order chi connectivity index (χ1) is 8.09. The van der Waals surface area contributed by atoms with E-state index in [1.807, 2.05) is 0 Å². The van der Waals surface area contributed by atoms with E-state index in [2.05, 4.69) is 0 Å². The van der Waals surface area contributed by atoms with Gasteiger partial charge in [0, 0.05) is 0 Å². The number of hydrogen-bond donors (Lipinski definition) is 1. The van der Waals surface area contributed by atoms with Gasteiger partial charge in [-0.25, -0.2) is 13.2 Å². The maximum absolute atomic E-state index is 13.0. The summed E-state index contributed by atoms with van der Waals surface area (Å²) in [5.41, 5.74) is -0.0606. The fourth-order valence-electron chi connectivity index (χ4n) is 1.66. The Bertz CT molecular complexity index is 434. The van der Waals surface area contributed by atoms with Crippen LogP contribution in [0.25, 0.3) is 0 Å². The molecule has 17 heavy (non-hydrogen) atoms. The predicted molar refractivity (Wildman–Crippen MR) is 54.5 cm³/mol. The van der Waals surface area contributed by atoms with Gasteiger partial charge in [-0.1, -0.05) is 0 Å². The van der Waals surface area contributed by atoms with Crippen molar-refractivity contribution < 1.29 is 23.0 Å². The highest BCUT2D eigenvalue weighted by atomic mass is 19.2. The van der Waals surface area contributed by atoms with E-state index in [9.17, 15) is 18.3 Å². The summed E-state index contributed by atoms with van der Waals surface area (Å²) in [6, 6.07) is 1.53. The second-order valence-corrected chi connectivity index (χ2v) is 3.80. The Morgan fingerprint density at radius 2 is 1.82 bits per heavy atom. The zero-order valence-corrected chi connectivity index (χ0v) is 8.92. The lowest BCUT2D eigenvalue weighted by atomic mass is 10.0. The molecular formula is C12H11F3O2. The minimum Gasteiger partial charge on any atom is -0.495 e. The molecule has 1 aromatic carbocycles. The van der Waals surface area contributed by atoms with Crippen molar-refractivity contribution in [3.05, 3.63) is 47.0 Å². The SMILES string of the molecule is OC(C1=CCCCO1)c1cc(F)c(F)c(F)c1. The van der Waals surface area contributed by atoms with Gasteiger partial charge in [-0.15, -0.1) is 0 Å². The smallest absolute Gasteiger partial charge is 0.194 e. The summed E-state index contributed by atoms with van der Waals surface area (Å²) in [5, 5.41) is 9.84. The summed E-state index contributed by atoms with van der Waals surface area (Å²) < 4.78 is 43.9. The number of aliphatic hydroxyl groups is 1. The Morgan fingerprint density at radius 3 is 2.35 bits per heavy atom. The van der Waals surface area contributed by atoms with Crippen molar-refractivity contribution in [3.63, 3.8) is 0 Å². The van der Waals surface area contributed by atoms with Crippen LogP contribution in [0, 0.1) is 17.5 Å². The van der Waals surface area contributed by atoms with Crippen molar-refractivity contribution in [2.75, 3.05) is 6.61 Å². The van der Waals surface area contributed by atoms with Gasteiger partial charge in [0.05, 0.1) is 6.61 Å². The Hall–Kier alpha value is -1.49. The number of aliphatic hydroxyl groups excluding tert-OH is 1. The molecule has 1 aromatic rings. The maximum atomic E-state index is 13.0. The lowest BCUT2D eigenvalue weighted by Gasteiger charge is -2.20. The molecule has 0 aliphatic carbocycles. The van der Waals surface area contributed by atoms with Crippen molar-refractivity contribution in [2.45, 2.75) is 18.9 Å². The molecule has 1 N–H and O–H groups in total. The standard InChI is InChI=1S/C12H11F3O2/c13-8-5-7(6-9(14)11(8)15)12(16)10-3-1-2-4-17-10/h3,5-6,12,16H,1-2,4H2. The summed E-state index contributed by atoms with van der Waals surface area (Å²) in [6.45, 7) is 0.453. The number of ether oxygens (including phenoxy) is 1. The van der Waals surface area contributed by atoms with E-state index in [4.69, 9.17) is 4.74 Å². The molecule has 2 rings (SSSR count). The summed E-state index contributed by atoms with van der Waals surface area (Å²) in [4.78, 5) is 0. The minimum absolute atomic E-state index is 0.0606. The van der Waals surface area contributed by atoms with Crippen molar-refractivity contribution in [1.82, 2.24) is 0 Å². The molecule has 0 radical (unpaired) electrons. The third-order valence-electron chi connectivity index (χ3n) is 2.55. The van der Waals surface area contributed by atoms with Gasteiger partial charge in [0.2, 0.25) is 0 Å². The zero-order chi connectivity index (χ0) is 12.4. The fourth-order valence-corrected chi connectivity index (χ4v) is 1.66. The highest BCUT2D eigenvalue weighted by Gasteiger charge is 2.20. The topological polar surface area (TPSA) is 29.5 Å². The molecule has 0 saturated carbocycles. The molecular weight excluding hydrogens is 233 g/mol. The highest BCUT2D eigenvalue weighted by molar-refractivity contribution is 5.26. The van der Waals surface area contributed by atoms with Gasteiger partial charge in [0.1, 0.15) is 11.9 Å². The first-order valence-electron chi connectivity index (χ1n) is 5.25. The molecule has 0 bridgehead atoms. The molecule has 0 aromatic heterocycles. The van der Waals surface area contributed by atoms with Crippen molar-refractivity contribution in [1.29, 1.82) is 0 Å². The van der Waals surface area contributed by atoms with Crippen LogP contribution in [0.2, 0.25) is 0 Å². The van der Waals surface area contributed by atoms with E-state index in [0.29, 0.717) is 6.61 Å². The third-order valence-corrected chi connectivity index (χ3v) is 2.55. The molecule has 1 heterocycles. The zero-order valence-electron chi connectivity index (χ0n) is 8.92. The van der Waals surface area contributed by atoms with Crippen LogP contribution in [-0.2, 0) is 4.74 Å². The Kier molecular flexibility index (Phi) is 3.38. The minimum atomic E-state index is -1.54. The summed E-state index contributed by atoms with van der Waals surface area (Å²) in [7, 11) is 0. The largest absolute Gasteiger partial charge is 0.495 e. The number of benzene rings is 1. The third kappa shape index (κ3) is 2.44. The summed E-state index contributed by atoms with van der Waals surface area (Å²) in [5.74, 6) is -3.94. The monoisotopic (exact) mass is 244 g/mol. The van der Waals surface area contributed by atoms with E-state index >= 15 is 0 Å². The molecule has 0 spiro atoms. The molecule has 0 amide bonds. The fraction of sp³-hybridized carbons (Fsp3) is 0.333. The molecule has 0 saturated heterocycles. The Balaban J connectivity index is 2.30. The van der Waals surface area contributed by atoms with Crippen LogP contribution in [0.3, 0.4) is 0 Å². The van der Waals surface area contributed by atoms with Gasteiger partial charge in [-0.3, -0.25) is 0 Å². The van der Waals surface area contributed by atoms with Crippen LogP contribution in [-0.4, -0.2) is 11.7 Å². The normalized spacial score (nSPS) is 17.3. The molecule has 1 aliphatic rings. The lowest BCUT2D eigenvalue weighted by Crippen LogP contribution is -2.11. The second-order valence-electron chi connectivity index (χ2n) is 3.80. The van der Waals surface area contributed by atoms with Crippen LogP contribution in [0.15, 0.2) is 24.0 Å². The van der Waals surface area contributed by atoms with Crippen LogP contribution < -0.4 is 0 Å². The van der Waals surface area contributed by atoms with E-state index in [0.717, 1.165) is 25.0 Å². The number of hydrogen-bond acceptors (Lipinski definition) is 2. The van der Waals surface area contributed by atoms with Crippen molar-refractivity contribution in [3.8, 4) is 0 Å². The van der Waals surface area contributed by atoms with E-state index in [-0.39, 0.29) is 11.3 Å².